The van der Waals surface area contributed by atoms with Gasteiger partial charge in [-0.3, -0.25) is 4.79 Å². The van der Waals surface area contributed by atoms with Crippen LogP contribution in [0.4, 0.5) is 4.39 Å². The minimum absolute atomic E-state index is 0.134. The molecule has 0 aliphatic carbocycles. The molecule has 0 N–H and O–H groups in total. The summed E-state index contributed by atoms with van der Waals surface area (Å²) in [5, 5.41) is 3.68. The zero-order valence-electron chi connectivity index (χ0n) is 18.3. The van der Waals surface area contributed by atoms with E-state index in [1.807, 2.05) is 23.1 Å². The van der Waals surface area contributed by atoms with Gasteiger partial charge in [-0.2, -0.15) is 0 Å². The molecule has 1 atom stereocenters. The van der Waals surface area contributed by atoms with Crippen LogP contribution in [0.25, 0.3) is 0 Å². The summed E-state index contributed by atoms with van der Waals surface area (Å²) in [6.07, 6.45) is 0.798. The lowest BCUT2D eigenvalue weighted by molar-refractivity contribution is -0.127. The molecule has 5 rings (SSSR count). The first-order valence-electron chi connectivity index (χ1n) is 11.3. The maximum atomic E-state index is 14.0. The number of benzene rings is 4. The van der Waals surface area contributed by atoms with Gasteiger partial charge in [0.25, 0.3) is 5.91 Å². The molecule has 1 amide bonds. The fourth-order valence-corrected chi connectivity index (χ4v) is 9.92. The summed E-state index contributed by atoms with van der Waals surface area (Å²) in [7, 11) is -2.26. The van der Waals surface area contributed by atoms with Crippen LogP contribution in [0, 0.1) is 5.82 Å². The van der Waals surface area contributed by atoms with Gasteiger partial charge in [0.1, 0.15) is 29.0 Å². The van der Waals surface area contributed by atoms with Gasteiger partial charge in [0, 0.05) is 19.5 Å². The quantitative estimate of drug-likeness (QED) is 0.379. The standard InChI is InChI=1S/C29H26FNOP/c30-24-18-16-23(17-19-24)22-31-21-20-28(29(31)32)33(25-10-4-1-5-11-25,26-12-6-2-7-13-26)27-14-8-3-9-15-27/h1-19,28H,20-22H2/q+1. The minimum atomic E-state index is -2.26. The molecule has 1 aliphatic heterocycles. The van der Waals surface area contributed by atoms with E-state index in [9.17, 15) is 9.18 Å². The second kappa shape index (κ2) is 9.29. The Morgan fingerprint density at radius 1 is 0.697 bits per heavy atom. The predicted octanol–water partition coefficient (Wildman–Crippen LogP) is 4.92. The Morgan fingerprint density at radius 3 is 1.61 bits per heavy atom. The summed E-state index contributed by atoms with van der Waals surface area (Å²) < 4.78 is 13.4. The Kier molecular flexibility index (Phi) is 6.07. The van der Waals surface area contributed by atoms with E-state index in [4.69, 9.17) is 0 Å². The first-order chi connectivity index (χ1) is 16.2. The van der Waals surface area contributed by atoms with Gasteiger partial charge in [0.05, 0.1) is 0 Å². The molecule has 0 bridgehead atoms. The van der Waals surface area contributed by atoms with Gasteiger partial charge < -0.3 is 4.90 Å². The highest BCUT2D eigenvalue weighted by Crippen LogP contribution is 2.62. The first-order valence-corrected chi connectivity index (χ1v) is 13.1. The Balaban J connectivity index is 1.63. The van der Waals surface area contributed by atoms with Crippen molar-refractivity contribution in [1.82, 2.24) is 4.90 Å². The van der Waals surface area contributed by atoms with E-state index in [2.05, 4.69) is 72.8 Å². The topological polar surface area (TPSA) is 20.3 Å². The molecule has 1 fully saturated rings. The largest absolute Gasteiger partial charge is 0.335 e. The average molecular weight is 455 g/mol. The monoisotopic (exact) mass is 454 g/mol. The minimum Gasteiger partial charge on any atom is -0.335 e. The molecule has 1 heterocycles. The number of halogens is 1. The molecule has 1 unspecified atom stereocenters. The molecule has 1 aliphatic rings. The normalized spacial score (nSPS) is 16.2. The molecule has 4 aromatic carbocycles. The molecule has 4 heteroatoms. The van der Waals surface area contributed by atoms with Gasteiger partial charge >= 0.3 is 0 Å². The zero-order valence-corrected chi connectivity index (χ0v) is 19.2. The van der Waals surface area contributed by atoms with Crippen LogP contribution in [0.15, 0.2) is 115 Å². The van der Waals surface area contributed by atoms with Crippen LogP contribution in [0.3, 0.4) is 0 Å². The summed E-state index contributed by atoms with van der Waals surface area (Å²) in [6, 6.07) is 38.1. The van der Waals surface area contributed by atoms with E-state index in [0.29, 0.717) is 13.1 Å². The third-order valence-corrected chi connectivity index (χ3v) is 11.3. The van der Waals surface area contributed by atoms with E-state index in [1.54, 1.807) is 12.1 Å². The molecule has 164 valence electrons. The van der Waals surface area contributed by atoms with Crippen LogP contribution in [0.2, 0.25) is 0 Å². The highest BCUT2D eigenvalue weighted by molar-refractivity contribution is 7.96. The molecule has 0 spiro atoms. The lowest BCUT2D eigenvalue weighted by atomic mass is 10.2. The number of carbonyl (C=O) groups excluding carboxylic acids is 1. The molecule has 0 aromatic heterocycles. The number of likely N-dealkylation sites (tertiary alicyclic amines) is 1. The second-order valence-electron chi connectivity index (χ2n) is 8.42. The van der Waals surface area contributed by atoms with Gasteiger partial charge in [0.2, 0.25) is 0 Å². The summed E-state index contributed by atoms with van der Waals surface area (Å²) >= 11 is 0. The molecule has 0 saturated carbocycles. The first kappa shape index (κ1) is 21.6. The number of carbonyl (C=O) groups is 1. The molecule has 33 heavy (non-hydrogen) atoms. The maximum absolute atomic E-state index is 14.0. The van der Waals surface area contributed by atoms with Crippen LogP contribution < -0.4 is 15.9 Å². The van der Waals surface area contributed by atoms with Crippen LogP contribution in [-0.4, -0.2) is 23.0 Å². The predicted molar refractivity (Wildman–Crippen MR) is 135 cm³/mol. The number of hydrogen-bond donors (Lipinski definition) is 0. The highest BCUT2D eigenvalue weighted by atomic mass is 31.2. The number of rotatable bonds is 6. The lowest BCUT2D eigenvalue weighted by Gasteiger charge is -2.32. The van der Waals surface area contributed by atoms with Gasteiger partial charge in [-0.05, 0) is 54.1 Å². The van der Waals surface area contributed by atoms with Crippen LogP contribution >= 0.6 is 7.26 Å². The van der Waals surface area contributed by atoms with Crippen LogP contribution in [0.5, 0.6) is 0 Å². The molecule has 0 radical (unpaired) electrons. The van der Waals surface area contributed by atoms with Gasteiger partial charge in [-0.15, -0.1) is 0 Å². The van der Waals surface area contributed by atoms with E-state index in [-0.39, 0.29) is 17.4 Å². The van der Waals surface area contributed by atoms with Crippen molar-refractivity contribution in [3.8, 4) is 0 Å². The number of nitrogens with zero attached hydrogens (tertiary/aromatic N) is 1. The SMILES string of the molecule is O=C1C([P+](c2ccccc2)(c2ccccc2)c2ccccc2)CCN1Cc1ccc(F)cc1. The third kappa shape index (κ3) is 3.98. The van der Waals surface area contributed by atoms with Gasteiger partial charge in [-0.1, -0.05) is 66.7 Å². The molecular weight excluding hydrogens is 428 g/mol. The molecule has 4 aromatic rings. The van der Waals surface area contributed by atoms with E-state index < -0.39 is 7.26 Å². The van der Waals surface area contributed by atoms with Crippen molar-refractivity contribution in [2.45, 2.75) is 18.6 Å². The Morgan fingerprint density at radius 2 is 1.15 bits per heavy atom. The van der Waals surface area contributed by atoms with Crippen molar-refractivity contribution in [2.24, 2.45) is 0 Å². The van der Waals surface area contributed by atoms with Crippen molar-refractivity contribution in [1.29, 1.82) is 0 Å². The third-order valence-electron chi connectivity index (χ3n) is 6.51. The summed E-state index contributed by atoms with van der Waals surface area (Å²) in [4.78, 5) is 16.0. The Hall–Kier alpha value is -3.29. The average Bonchev–Trinajstić information content (AvgIpc) is 3.23. The van der Waals surface area contributed by atoms with Crippen molar-refractivity contribution < 1.29 is 9.18 Å². The highest BCUT2D eigenvalue weighted by Gasteiger charge is 2.58. The van der Waals surface area contributed by atoms with Crippen LogP contribution in [-0.2, 0) is 11.3 Å². The molecule has 2 nitrogen and oxygen atoms in total. The van der Waals surface area contributed by atoms with Gasteiger partial charge in [-0.25, -0.2) is 4.39 Å². The second-order valence-corrected chi connectivity index (χ2v) is 12.0. The van der Waals surface area contributed by atoms with Gasteiger partial charge in [0.15, 0.2) is 5.66 Å². The van der Waals surface area contributed by atoms with E-state index in [1.165, 1.54) is 28.0 Å². The molecule has 1 saturated heterocycles. The summed E-state index contributed by atoms with van der Waals surface area (Å²) in [5.74, 6) is -0.0734. The van der Waals surface area contributed by atoms with Crippen molar-refractivity contribution >= 4 is 29.1 Å². The van der Waals surface area contributed by atoms with E-state index in [0.717, 1.165) is 12.0 Å². The van der Waals surface area contributed by atoms with Crippen LogP contribution in [0.1, 0.15) is 12.0 Å². The maximum Gasteiger partial charge on any atom is 0.264 e. The van der Waals surface area contributed by atoms with Crippen molar-refractivity contribution in [2.75, 3.05) is 6.54 Å². The smallest absolute Gasteiger partial charge is 0.264 e. The fraction of sp³-hybridized carbons (Fsp3) is 0.138. The van der Waals surface area contributed by atoms with Crippen molar-refractivity contribution in [3.05, 3.63) is 127 Å². The fourth-order valence-electron chi connectivity index (χ4n) is 5.03. The number of amides is 1. The lowest BCUT2D eigenvalue weighted by Crippen LogP contribution is -2.42. The Labute approximate surface area is 195 Å². The number of hydrogen-bond acceptors (Lipinski definition) is 1. The zero-order chi connectivity index (χ0) is 22.7. The van der Waals surface area contributed by atoms with Crippen molar-refractivity contribution in [3.63, 3.8) is 0 Å². The summed E-state index contributed by atoms with van der Waals surface area (Å²) in [5.41, 5.74) is 0.818. The Bertz CT molecular complexity index is 1120. The molecular formula is C29H26FNOP+. The summed E-state index contributed by atoms with van der Waals surface area (Å²) in [6.45, 7) is 1.21. The van der Waals surface area contributed by atoms with E-state index >= 15 is 0 Å².